The molecule has 6 rings (SSSR count). The minimum atomic E-state index is -2.46. The number of carbonyl (C=O) groups is 2. The van der Waals surface area contributed by atoms with Crippen molar-refractivity contribution in [2.75, 3.05) is 0 Å². The van der Waals surface area contributed by atoms with Crippen LogP contribution < -0.4 is 10.5 Å². The van der Waals surface area contributed by atoms with E-state index in [0.29, 0.717) is 17.7 Å². The van der Waals surface area contributed by atoms with Crippen LogP contribution in [0.2, 0.25) is 0 Å². The van der Waals surface area contributed by atoms with E-state index in [2.05, 4.69) is 10.1 Å². The zero-order valence-electron chi connectivity index (χ0n) is 18.0. The molecule has 0 bridgehead atoms. The van der Waals surface area contributed by atoms with Gasteiger partial charge in [0.2, 0.25) is 11.6 Å². The largest absolute Gasteiger partial charge is 0.507 e. The van der Waals surface area contributed by atoms with Crippen molar-refractivity contribution >= 4 is 17.3 Å². The van der Waals surface area contributed by atoms with Crippen molar-refractivity contribution in [3.8, 4) is 5.88 Å². The number of ether oxygens (including phenoxy) is 1. The molecular formula is C25H21N3O6. The molecule has 3 aromatic rings. The topological polar surface area (TPSA) is 149 Å². The lowest BCUT2D eigenvalue weighted by molar-refractivity contribution is -0.140. The average Bonchev–Trinajstić information content (AvgIpc) is 3.28. The van der Waals surface area contributed by atoms with E-state index < -0.39 is 35.0 Å². The molecule has 0 radical (unpaired) electrons. The second-order valence-corrected chi connectivity index (χ2v) is 8.95. The smallest absolute Gasteiger partial charge is 0.265 e. The van der Waals surface area contributed by atoms with Gasteiger partial charge in [-0.1, -0.05) is 30.3 Å². The number of Topliss-reactive ketones (excluding diaryl/α,β-unsaturated/α-hetero) is 2. The van der Waals surface area contributed by atoms with Crippen molar-refractivity contribution in [3.05, 3.63) is 82.4 Å². The van der Waals surface area contributed by atoms with Crippen LogP contribution in [0.1, 0.15) is 45.4 Å². The quantitative estimate of drug-likeness (QED) is 0.502. The fourth-order valence-corrected chi connectivity index (χ4v) is 5.43. The molecule has 2 aromatic heterocycles. The molecule has 1 saturated carbocycles. The highest BCUT2D eigenvalue weighted by molar-refractivity contribution is 6.26. The zero-order chi connectivity index (χ0) is 23.6. The normalized spacial score (nSPS) is 27.5. The van der Waals surface area contributed by atoms with E-state index in [-0.39, 0.29) is 41.6 Å². The number of fused-ring (bicyclic) bond motifs is 4. The van der Waals surface area contributed by atoms with E-state index in [0.717, 1.165) is 5.56 Å². The predicted octanol–water partition coefficient (Wildman–Crippen LogP) is 2.31. The first-order chi connectivity index (χ1) is 16.4. The van der Waals surface area contributed by atoms with E-state index in [1.165, 1.54) is 0 Å². The number of nitrogens with zero attached hydrogens (tertiary/aromatic N) is 2. The SMILES string of the molecule is N[C@@H]1c2onc(OCc3ccccc3)c2C(=O)[C@@]2(O)C(=O)C3=C(O)c4cccnc4C[C@H]3C[C@@H]12. The molecule has 3 aliphatic carbocycles. The third-order valence-corrected chi connectivity index (χ3v) is 7.13. The summed E-state index contributed by atoms with van der Waals surface area (Å²) in [5.41, 5.74) is 5.79. The van der Waals surface area contributed by atoms with Crippen LogP contribution in [-0.4, -0.2) is 37.5 Å². The molecule has 0 aliphatic heterocycles. The fourth-order valence-electron chi connectivity index (χ4n) is 5.43. The highest BCUT2D eigenvalue weighted by atomic mass is 16.5. The molecule has 9 nitrogen and oxygen atoms in total. The number of hydrogen-bond acceptors (Lipinski definition) is 9. The number of hydrogen-bond donors (Lipinski definition) is 3. The Morgan fingerprint density at radius 1 is 1.15 bits per heavy atom. The van der Waals surface area contributed by atoms with E-state index in [9.17, 15) is 19.8 Å². The standard InChI is InChI=1S/C25H21N3O6/c26-19-15-9-13-10-16-14(7-4-8-27-16)20(29)17(13)22(30)25(15,32)23(31)18-21(19)34-28-24(18)33-11-12-5-2-1-3-6-12/h1-8,13,15,19,29,32H,9-11,26H2/t13-,15+,19+,25+/m1/s1. The van der Waals surface area contributed by atoms with Gasteiger partial charge >= 0.3 is 0 Å². The van der Waals surface area contributed by atoms with E-state index in [1.807, 2.05) is 30.3 Å². The van der Waals surface area contributed by atoms with Crippen LogP contribution in [0.3, 0.4) is 0 Å². The van der Waals surface area contributed by atoms with Crippen molar-refractivity contribution in [1.29, 1.82) is 0 Å². The summed E-state index contributed by atoms with van der Waals surface area (Å²) in [5, 5.41) is 26.4. The Hall–Kier alpha value is -3.82. The van der Waals surface area contributed by atoms with Crippen molar-refractivity contribution in [2.45, 2.75) is 31.1 Å². The predicted molar refractivity (Wildman–Crippen MR) is 118 cm³/mol. The molecule has 0 spiro atoms. The fraction of sp³-hybridized carbons (Fsp3) is 0.280. The number of aliphatic hydroxyl groups is 2. The number of benzene rings is 1. The van der Waals surface area contributed by atoms with Gasteiger partial charge in [-0.3, -0.25) is 14.6 Å². The molecular weight excluding hydrogens is 438 g/mol. The third-order valence-electron chi connectivity index (χ3n) is 7.13. The summed E-state index contributed by atoms with van der Waals surface area (Å²) in [6, 6.07) is 11.6. The van der Waals surface area contributed by atoms with E-state index in [1.54, 1.807) is 18.3 Å². The number of aromatic nitrogens is 2. The highest BCUT2D eigenvalue weighted by Crippen LogP contribution is 2.53. The first-order valence-electron chi connectivity index (χ1n) is 11.0. The lowest BCUT2D eigenvalue weighted by Crippen LogP contribution is -2.63. The minimum Gasteiger partial charge on any atom is -0.507 e. The van der Waals surface area contributed by atoms with Gasteiger partial charge in [0.05, 0.1) is 11.7 Å². The molecule has 3 aliphatic rings. The third kappa shape index (κ3) is 2.74. The summed E-state index contributed by atoms with van der Waals surface area (Å²) in [5.74, 6) is -3.39. The summed E-state index contributed by atoms with van der Waals surface area (Å²) >= 11 is 0. The summed E-state index contributed by atoms with van der Waals surface area (Å²) in [7, 11) is 0. The Balaban J connectivity index is 1.41. The molecule has 0 amide bonds. The molecule has 0 unspecified atom stereocenters. The Labute approximate surface area is 193 Å². The monoisotopic (exact) mass is 459 g/mol. The van der Waals surface area contributed by atoms with Crippen LogP contribution in [0.5, 0.6) is 5.88 Å². The Kier molecular flexibility index (Phi) is 4.48. The highest BCUT2D eigenvalue weighted by Gasteiger charge is 2.64. The summed E-state index contributed by atoms with van der Waals surface area (Å²) in [6.45, 7) is 0.107. The molecule has 34 heavy (non-hydrogen) atoms. The first kappa shape index (κ1) is 20.8. The van der Waals surface area contributed by atoms with Gasteiger partial charge in [0.15, 0.2) is 11.4 Å². The zero-order valence-corrected chi connectivity index (χ0v) is 18.0. The number of nitrogens with two attached hydrogens (primary N) is 1. The van der Waals surface area contributed by atoms with Gasteiger partial charge in [0.25, 0.3) is 5.88 Å². The minimum absolute atomic E-state index is 0.0338. The van der Waals surface area contributed by atoms with Crippen LogP contribution in [0.15, 0.2) is 58.8 Å². The average molecular weight is 459 g/mol. The molecule has 4 N–H and O–H groups in total. The lowest BCUT2D eigenvalue weighted by Gasteiger charge is -2.46. The van der Waals surface area contributed by atoms with Crippen LogP contribution in [0, 0.1) is 11.8 Å². The van der Waals surface area contributed by atoms with Gasteiger partial charge in [0.1, 0.15) is 17.9 Å². The molecule has 1 fully saturated rings. The maximum atomic E-state index is 13.7. The second kappa shape index (κ2) is 7.34. The van der Waals surface area contributed by atoms with Crippen LogP contribution >= 0.6 is 0 Å². The van der Waals surface area contributed by atoms with Gasteiger partial charge in [-0.05, 0) is 41.6 Å². The molecule has 2 heterocycles. The first-order valence-corrected chi connectivity index (χ1v) is 11.0. The van der Waals surface area contributed by atoms with Crippen LogP contribution in [0.25, 0.3) is 5.76 Å². The number of ketones is 2. The van der Waals surface area contributed by atoms with Gasteiger partial charge in [-0.2, -0.15) is 0 Å². The summed E-state index contributed by atoms with van der Waals surface area (Å²) in [6.07, 6.45) is 2.21. The molecule has 172 valence electrons. The Morgan fingerprint density at radius 2 is 1.94 bits per heavy atom. The van der Waals surface area contributed by atoms with Crippen LogP contribution in [-0.2, 0) is 17.8 Å². The van der Waals surface area contributed by atoms with Gasteiger partial charge in [-0.25, -0.2) is 0 Å². The molecule has 9 heteroatoms. The summed E-state index contributed by atoms with van der Waals surface area (Å²) < 4.78 is 11.1. The Morgan fingerprint density at radius 3 is 2.74 bits per heavy atom. The number of aliphatic hydroxyl groups excluding tert-OH is 1. The number of pyridine rings is 1. The van der Waals surface area contributed by atoms with Gasteiger partial charge in [0, 0.05) is 23.3 Å². The lowest BCUT2D eigenvalue weighted by atomic mass is 9.57. The van der Waals surface area contributed by atoms with Crippen molar-refractivity contribution in [3.63, 3.8) is 0 Å². The Bertz CT molecular complexity index is 1360. The van der Waals surface area contributed by atoms with Crippen molar-refractivity contribution < 1.29 is 29.1 Å². The van der Waals surface area contributed by atoms with Crippen molar-refractivity contribution in [1.82, 2.24) is 10.1 Å². The van der Waals surface area contributed by atoms with Crippen LogP contribution in [0.4, 0.5) is 0 Å². The van der Waals surface area contributed by atoms with E-state index >= 15 is 0 Å². The number of carbonyl (C=O) groups excluding carboxylic acids is 2. The van der Waals surface area contributed by atoms with Gasteiger partial charge in [-0.15, -0.1) is 0 Å². The maximum absolute atomic E-state index is 13.7. The molecule has 0 saturated heterocycles. The summed E-state index contributed by atoms with van der Waals surface area (Å²) in [4.78, 5) is 31.6. The van der Waals surface area contributed by atoms with Crippen molar-refractivity contribution in [2.24, 2.45) is 17.6 Å². The molecule has 1 aromatic carbocycles. The second-order valence-electron chi connectivity index (χ2n) is 8.95. The molecule has 4 atom stereocenters. The number of rotatable bonds is 3. The van der Waals surface area contributed by atoms with E-state index in [4.69, 9.17) is 15.0 Å². The maximum Gasteiger partial charge on any atom is 0.265 e. The van der Waals surface area contributed by atoms with Gasteiger partial charge < -0.3 is 25.2 Å².